The molecule has 0 spiro atoms. The van der Waals surface area contributed by atoms with E-state index in [0.29, 0.717) is 22.8 Å². The second kappa shape index (κ2) is 3.55. The molecule has 0 aromatic heterocycles. The standard InChI is InChI=1S/C10H8BrClO2/c1-2-7-9(13)8-6(12)4-3-5(11)10(8)14-7/h3-4,7H,2H2,1H3. The number of carbonyl (C=O) groups excluding carboxylic acids is 1. The van der Waals surface area contributed by atoms with Crippen LogP contribution in [0, 0.1) is 0 Å². The summed E-state index contributed by atoms with van der Waals surface area (Å²) in [6, 6.07) is 3.48. The SMILES string of the molecule is CCC1Oc2c(Br)ccc(Cl)c2C1=O. The number of Topliss-reactive ketones (excluding diaryl/α,β-unsaturated/α-hetero) is 1. The Morgan fingerprint density at radius 1 is 1.57 bits per heavy atom. The molecule has 1 aromatic rings. The quantitative estimate of drug-likeness (QED) is 0.784. The van der Waals surface area contributed by atoms with Gasteiger partial charge in [-0.2, -0.15) is 0 Å². The molecule has 1 aliphatic rings. The van der Waals surface area contributed by atoms with E-state index in [1.54, 1.807) is 12.1 Å². The zero-order valence-electron chi connectivity index (χ0n) is 7.51. The van der Waals surface area contributed by atoms with E-state index >= 15 is 0 Å². The predicted molar refractivity (Wildman–Crippen MR) is 58.2 cm³/mol. The van der Waals surface area contributed by atoms with Gasteiger partial charge in [0.2, 0.25) is 5.78 Å². The van der Waals surface area contributed by atoms with E-state index in [-0.39, 0.29) is 11.9 Å². The minimum atomic E-state index is -0.374. The Balaban J connectivity index is 2.58. The minimum absolute atomic E-state index is 0.0196. The summed E-state index contributed by atoms with van der Waals surface area (Å²) in [7, 11) is 0. The van der Waals surface area contributed by atoms with E-state index < -0.39 is 0 Å². The molecule has 0 fully saturated rings. The predicted octanol–water partition coefficient (Wildman–Crippen LogP) is 3.46. The summed E-state index contributed by atoms with van der Waals surface area (Å²) in [5, 5.41) is 0.462. The largest absolute Gasteiger partial charge is 0.480 e. The third kappa shape index (κ3) is 1.35. The molecule has 4 heteroatoms. The van der Waals surface area contributed by atoms with Crippen molar-refractivity contribution in [2.75, 3.05) is 0 Å². The van der Waals surface area contributed by atoms with Crippen molar-refractivity contribution in [2.24, 2.45) is 0 Å². The zero-order valence-corrected chi connectivity index (χ0v) is 9.85. The van der Waals surface area contributed by atoms with Crippen LogP contribution in [0.1, 0.15) is 23.7 Å². The number of rotatable bonds is 1. The molecule has 2 nitrogen and oxygen atoms in total. The average Bonchev–Trinajstić information content (AvgIpc) is 2.51. The van der Waals surface area contributed by atoms with Crippen LogP contribution in [0.2, 0.25) is 5.02 Å². The number of ether oxygens (including phenoxy) is 1. The topological polar surface area (TPSA) is 26.3 Å². The van der Waals surface area contributed by atoms with Gasteiger partial charge in [-0.25, -0.2) is 0 Å². The van der Waals surface area contributed by atoms with Crippen LogP contribution in [0.15, 0.2) is 16.6 Å². The molecule has 74 valence electrons. The number of ketones is 1. The number of halogens is 2. The van der Waals surface area contributed by atoms with Gasteiger partial charge in [0, 0.05) is 0 Å². The van der Waals surface area contributed by atoms with Gasteiger partial charge in [-0.3, -0.25) is 4.79 Å². The number of carbonyl (C=O) groups is 1. The van der Waals surface area contributed by atoms with Crippen LogP contribution in [0.25, 0.3) is 0 Å². The first kappa shape index (κ1) is 9.99. The molecule has 1 unspecified atom stereocenters. The Bertz CT molecular complexity index is 403. The van der Waals surface area contributed by atoms with Gasteiger partial charge in [0.05, 0.1) is 15.1 Å². The van der Waals surface area contributed by atoms with Crippen LogP contribution in [0.3, 0.4) is 0 Å². The minimum Gasteiger partial charge on any atom is -0.480 e. The van der Waals surface area contributed by atoms with Crippen LogP contribution >= 0.6 is 27.5 Å². The Labute approximate surface area is 95.3 Å². The molecular formula is C10H8BrClO2. The molecule has 14 heavy (non-hydrogen) atoms. The lowest BCUT2D eigenvalue weighted by Crippen LogP contribution is -2.18. The van der Waals surface area contributed by atoms with Gasteiger partial charge >= 0.3 is 0 Å². The molecule has 1 aromatic carbocycles. The molecule has 0 saturated carbocycles. The molecule has 0 bridgehead atoms. The summed E-state index contributed by atoms with van der Waals surface area (Å²) >= 11 is 9.27. The summed E-state index contributed by atoms with van der Waals surface area (Å²) in [4.78, 5) is 11.8. The fraction of sp³-hybridized carbons (Fsp3) is 0.300. The van der Waals surface area contributed by atoms with Crippen LogP contribution in [0.5, 0.6) is 5.75 Å². The van der Waals surface area contributed by atoms with Crippen LogP contribution in [-0.4, -0.2) is 11.9 Å². The molecular weight excluding hydrogens is 267 g/mol. The molecule has 1 aliphatic heterocycles. The number of hydrogen-bond donors (Lipinski definition) is 0. The summed E-state index contributed by atoms with van der Waals surface area (Å²) in [6.07, 6.45) is 0.289. The highest BCUT2D eigenvalue weighted by Crippen LogP contribution is 2.40. The normalized spacial score (nSPS) is 19.4. The average molecular weight is 276 g/mol. The lowest BCUT2D eigenvalue weighted by atomic mass is 10.1. The molecule has 0 radical (unpaired) electrons. The first-order valence-corrected chi connectivity index (χ1v) is 5.51. The zero-order chi connectivity index (χ0) is 10.3. The van der Waals surface area contributed by atoms with E-state index in [1.165, 1.54) is 0 Å². The smallest absolute Gasteiger partial charge is 0.208 e. The van der Waals surface area contributed by atoms with Crippen molar-refractivity contribution < 1.29 is 9.53 Å². The second-order valence-electron chi connectivity index (χ2n) is 3.11. The van der Waals surface area contributed by atoms with Crippen molar-refractivity contribution in [3.8, 4) is 5.75 Å². The highest BCUT2D eigenvalue weighted by Gasteiger charge is 2.34. The van der Waals surface area contributed by atoms with Crippen LogP contribution < -0.4 is 4.74 Å². The van der Waals surface area contributed by atoms with Gasteiger partial charge in [-0.15, -0.1) is 0 Å². The molecule has 0 amide bonds. The van der Waals surface area contributed by atoms with E-state index in [4.69, 9.17) is 16.3 Å². The summed E-state index contributed by atoms with van der Waals surface area (Å²) in [5.74, 6) is 0.558. The van der Waals surface area contributed by atoms with Crippen molar-refractivity contribution >= 4 is 33.3 Å². The summed E-state index contributed by atoms with van der Waals surface area (Å²) < 4.78 is 6.28. The molecule has 1 atom stereocenters. The van der Waals surface area contributed by atoms with Gasteiger partial charge in [0.15, 0.2) is 6.10 Å². The first-order chi connectivity index (χ1) is 6.65. The van der Waals surface area contributed by atoms with E-state index in [9.17, 15) is 4.79 Å². The van der Waals surface area contributed by atoms with Gasteiger partial charge in [0.25, 0.3) is 0 Å². The van der Waals surface area contributed by atoms with Crippen molar-refractivity contribution in [3.05, 3.63) is 27.2 Å². The van der Waals surface area contributed by atoms with Crippen molar-refractivity contribution in [1.29, 1.82) is 0 Å². The van der Waals surface area contributed by atoms with Gasteiger partial charge < -0.3 is 4.74 Å². The second-order valence-corrected chi connectivity index (χ2v) is 4.37. The van der Waals surface area contributed by atoms with Crippen molar-refractivity contribution in [3.63, 3.8) is 0 Å². The lowest BCUT2D eigenvalue weighted by Gasteiger charge is -2.05. The molecule has 0 aliphatic carbocycles. The first-order valence-electron chi connectivity index (χ1n) is 4.34. The fourth-order valence-electron chi connectivity index (χ4n) is 1.50. The number of benzene rings is 1. The highest BCUT2D eigenvalue weighted by atomic mass is 79.9. The van der Waals surface area contributed by atoms with Crippen molar-refractivity contribution in [2.45, 2.75) is 19.4 Å². The van der Waals surface area contributed by atoms with E-state index in [0.717, 1.165) is 4.47 Å². The molecule has 0 saturated heterocycles. The summed E-state index contributed by atoms with van der Waals surface area (Å²) in [6.45, 7) is 1.91. The maximum absolute atomic E-state index is 11.8. The molecule has 1 heterocycles. The van der Waals surface area contributed by atoms with E-state index in [1.807, 2.05) is 6.92 Å². The number of hydrogen-bond acceptors (Lipinski definition) is 2. The van der Waals surface area contributed by atoms with E-state index in [2.05, 4.69) is 15.9 Å². The fourth-order valence-corrected chi connectivity index (χ4v) is 2.17. The molecule has 0 N–H and O–H groups in total. The third-order valence-corrected chi connectivity index (χ3v) is 3.17. The van der Waals surface area contributed by atoms with Crippen LogP contribution in [0.4, 0.5) is 0 Å². The van der Waals surface area contributed by atoms with Crippen molar-refractivity contribution in [1.82, 2.24) is 0 Å². The monoisotopic (exact) mass is 274 g/mol. The maximum Gasteiger partial charge on any atom is 0.208 e. The maximum atomic E-state index is 11.8. The Kier molecular flexibility index (Phi) is 2.54. The Morgan fingerprint density at radius 2 is 2.29 bits per heavy atom. The Hall–Kier alpha value is -0.540. The summed E-state index contributed by atoms with van der Waals surface area (Å²) in [5.41, 5.74) is 0.507. The Morgan fingerprint density at radius 3 is 2.86 bits per heavy atom. The highest BCUT2D eigenvalue weighted by molar-refractivity contribution is 9.10. The van der Waals surface area contributed by atoms with Gasteiger partial charge in [-0.05, 0) is 34.5 Å². The van der Waals surface area contributed by atoms with Gasteiger partial charge in [0.1, 0.15) is 5.75 Å². The lowest BCUT2D eigenvalue weighted by molar-refractivity contribution is 0.0852. The van der Waals surface area contributed by atoms with Gasteiger partial charge in [-0.1, -0.05) is 18.5 Å². The third-order valence-electron chi connectivity index (χ3n) is 2.23. The number of fused-ring (bicyclic) bond motifs is 1. The molecule has 2 rings (SSSR count). The van der Waals surface area contributed by atoms with Crippen LogP contribution in [-0.2, 0) is 0 Å².